The Labute approximate surface area is 223 Å². The Bertz CT molecular complexity index is 1370. The lowest BCUT2D eigenvalue weighted by molar-refractivity contribution is -0.151. The number of thioether (sulfide) groups is 1. The Morgan fingerprint density at radius 3 is 2.44 bits per heavy atom. The van der Waals surface area contributed by atoms with E-state index in [4.69, 9.17) is 15.9 Å². The van der Waals surface area contributed by atoms with Crippen LogP contribution >= 0.6 is 11.8 Å². The third-order valence-electron chi connectivity index (χ3n) is 5.88. The number of carbonyl (C=O) groups excluding carboxylic acids is 5. The predicted octanol–water partition coefficient (Wildman–Crippen LogP) is 0.0813. The number of phenolic OH excluding ortho intramolecular Hbond substituents is 1. The summed E-state index contributed by atoms with van der Waals surface area (Å²) in [4.78, 5) is 76.4. The summed E-state index contributed by atoms with van der Waals surface area (Å²) in [6, 6.07) is 2.11. The van der Waals surface area contributed by atoms with Crippen molar-refractivity contribution in [3.63, 3.8) is 0 Å². The zero-order chi connectivity index (χ0) is 28.4. The third-order valence-corrected chi connectivity index (χ3v) is 7.22. The maximum absolute atomic E-state index is 13.6. The van der Waals surface area contributed by atoms with Gasteiger partial charge in [0.15, 0.2) is 0 Å². The SMILES string of the molecule is NC(=O)OCC1=C(C(=O)O)N2C(=O)[C@H](NC(=O)C(c3ccc(O)cc3)N(C(N)=O)C(=O)c3ccoc3)[C@@H]2SC1. The highest BCUT2D eigenvalue weighted by Crippen LogP contribution is 2.41. The molecule has 1 saturated heterocycles. The summed E-state index contributed by atoms with van der Waals surface area (Å²) in [5.74, 6) is -4.28. The fourth-order valence-electron chi connectivity index (χ4n) is 4.13. The minimum atomic E-state index is -1.67. The lowest BCUT2D eigenvalue weighted by Crippen LogP contribution is -2.71. The maximum atomic E-state index is 13.6. The van der Waals surface area contributed by atoms with Gasteiger partial charge in [-0.15, -0.1) is 11.8 Å². The van der Waals surface area contributed by atoms with E-state index in [1.807, 2.05) is 0 Å². The molecule has 3 heterocycles. The van der Waals surface area contributed by atoms with Crippen LogP contribution in [0.15, 0.2) is 58.5 Å². The number of furan rings is 1. The second-order valence-corrected chi connectivity index (χ2v) is 9.39. The summed E-state index contributed by atoms with van der Waals surface area (Å²) in [5, 5.41) is 21.0. The number of benzene rings is 1. The van der Waals surface area contributed by atoms with Crippen molar-refractivity contribution >= 4 is 47.6 Å². The van der Waals surface area contributed by atoms with Crippen LogP contribution in [0.4, 0.5) is 9.59 Å². The van der Waals surface area contributed by atoms with E-state index in [0.29, 0.717) is 4.90 Å². The van der Waals surface area contributed by atoms with Crippen molar-refractivity contribution in [3.8, 4) is 5.75 Å². The van der Waals surface area contributed by atoms with E-state index in [9.17, 15) is 39.0 Å². The number of nitrogens with two attached hydrogens (primary N) is 2. The van der Waals surface area contributed by atoms with Crippen molar-refractivity contribution in [2.24, 2.45) is 11.5 Å². The van der Waals surface area contributed by atoms with Gasteiger partial charge in [0.1, 0.15) is 41.8 Å². The van der Waals surface area contributed by atoms with E-state index < -0.39 is 65.6 Å². The number of ether oxygens (including phenoxy) is 1. The summed E-state index contributed by atoms with van der Waals surface area (Å²) >= 11 is 1.10. The summed E-state index contributed by atoms with van der Waals surface area (Å²) in [6.07, 6.45) is 1.11. The maximum Gasteiger partial charge on any atom is 0.404 e. The van der Waals surface area contributed by atoms with Crippen molar-refractivity contribution in [2.45, 2.75) is 17.5 Å². The van der Waals surface area contributed by atoms with Gasteiger partial charge in [-0.25, -0.2) is 19.3 Å². The highest BCUT2D eigenvalue weighted by Gasteiger charge is 2.55. The summed E-state index contributed by atoms with van der Waals surface area (Å²) < 4.78 is 9.56. The molecule has 0 aliphatic carbocycles. The first-order chi connectivity index (χ1) is 18.5. The lowest BCUT2D eigenvalue weighted by Gasteiger charge is -2.49. The van der Waals surface area contributed by atoms with Crippen LogP contribution in [0.25, 0.3) is 0 Å². The number of nitrogens with zero attached hydrogens (tertiary/aromatic N) is 2. The van der Waals surface area contributed by atoms with Gasteiger partial charge in [-0.1, -0.05) is 12.1 Å². The number of aliphatic carboxylic acids is 1. The number of urea groups is 1. The molecule has 6 amide bonds. The van der Waals surface area contributed by atoms with E-state index in [2.05, 4.69) is 10.1 Å². The number of phenols is 1. The number of imide groups is 1. The van der Waals surface area contributed by atoms with E-state index >= 15 is 0 Å². The summed E-state index contributed by atoms with van der Waals surface area (Å²) in [6.45, 7) is -0.440. The van der Waals surface area contributed by atoms with Gasteiger partial charge in [0.2, 0.25) is 5.91 Å². The third kappa shape index (κ3) is 5.22. The van der Waals surface area contributed by atoms with E-state index in [-0.39, 0.29) is 28.2 Å². The van der Waals surface area contributed by atoms with Crippen molar-refractivity contribution < 1.29 is 48.1 Å². The Morgan fingerprint density at radius 1 is 1.18 bits per heavy atom. The van der Waals surface area contributed by atoms with Crippen molar-refractivity contribution in [2.75, 3.05) is 12.4 Å². The van der Waals surface area contributed by atoms with Gasteiger partial charge in [0, 0.05) is 11.3 Å². The summed E-state index contributed by atoms with van der Waals surface area (Å²) in [5.41, 5.74) is 10.2. The Balaban J connectivity index is 1.63. The van der Waals surface area contributed by atoms with Crippen molar-refractivity contribution in [1.29, 1.82) is 0 Å². The quantitative estimate of drug-likeness (QED) is 0.271. The second kappa shape index (κ2) is 10.8. The summed E-state index contributed by atoms with van der Waals surface area (Å²) in [7, 11) is 0. The number of β-lactam (4-membered cyclic amide) rings is 1. The van der Waals surface area contributed by atoms with Crippen LogP contribution in [-0.2, 0) is 19.1 Å². The van der Waals surface area contributed by atoms with Gasteiger partial charge >= 0.3 is 18.1 Å². The normalized spacial score (nSPS) is 18.9. The Kier molecular flexibility index (Phi) is 7.48. The molecule has 2 aliphatic heterocycles. The first-order valence-corrected chi connectivity index (χ1v) is 12.1. The molecule has 0 spiro atoms. The molecule has 3 atom stereocenters. The smallest absolute Gasteiger partial charge is 0.404 e. The monoisotopic (exact) mass is 559 g/mol. The molecule has 15 nitrogen and oxygen atoms in total. The Morgan fingerprint density at radius 2 is 1.87 bits per heavy atom. The molecule has 16 heteroatoms. The molecule has 7 N–H and O–H groups in total. The number of aromatic hydroxyl groups is 1. The molecule has 4 rings (SSSR count). The van der Waals surface area contributed by atoms with Gasteiger partial charge in [-0.05, 0) is 23.8 Å². The average Bonchev–Trinajstić information content (AvgIpc) is 3.43. The van der Waals surface area contributed by atoms with Crippen LogP contribution in [0.3, 0.4) is 0 Å². The van der Waals surface area contributed by atoms with E-state index in [0.717, 1.165) is 22.9 Å². The molecule has 1 fully saturated rings. The van der Waals surface area contributed by atoms with Gasteiger partial charge in [-0.3, -0.25) is 19.3 Å². The van der Waals surface area contributed by atoms with Gasteiger partial charge in [-0.2, -0.15) is 0 Å². The lowest BCUT2D eigenvalue weighted by atomic mass is 9.99. The van der Waals surface area contributed by atoms with Crippen LogP contribution in [0.5, 0.6) is 5.75 Å². The molecule has 0 bridgehead atoms. The number of primary amides is 2. The molecular weight excluding hydrogens is 538 g/mol. The first-order valence-electron chi connectivity index (χ1n) is 11.1. The minimum absolute atomic E-state index is 0.0451. The number of fused-ring (bicyclic) bond motifs is 1. The van der Waals surface area contributed by atoms with E-state index in [1.54, 1.807) is 0 Å². The fraction of sp³-hybridized carbons (Fsp3) is 0.217. The first kappa shape index (κ1) is 27.1. The number of nitrogens with one attached hydrogen (secondary N) is 1. The van der Waals surface area contributed by atoms with Crippen molar-refractivity contribution in [1.82, 2.24) is 15.1 Å². The van der Waals surface area contributed by atoms with E-state index in [1.165, 1.54) is 36.6 Å². The molecule has 0 saturated carbocycles. The number of carboxylic acid groups (broad SMARTS) is 1. The largest absolute Gasteiger partial charge is 0.508 e. The number of carbonyl (C=O) groups is 6. The number of carboxylic acids is 1. The van der Waals surface area contributed by atoms with Crippen LogP contribution in [0, 0.1) is 0 Å². The molecule has 0 radical (unpaired) electrons. The van der Waals surface area contributed by atoms with Crippen LogP contribution in [0.1, 0.15) is 22.0 Å². The molecule has 1 aromatic heterocycles. The minimum Gasteiger partial charge on any atom is -0.508 e. The second-order valence-electron chi connectivity index (χ2n) is 8.28. The fourth-order valence-corrected chi connectivity index (χ4v) is 5.46. The molecule has 2 aliphatic rings. The number of rotatable bonds is 8. The molecule has 2 aromatic rings. The highest BCUT2D eigenvalue weighted by atomic mass is 32.2. The zero-order valence-electron chi connectivity index (χ0n) is 19.8. The number of hydrogen-bond acceptors (Lipinski definition) is 10. The van der Waals surface area contributed by atoms with Crippen LogP contribution < -0.4 is 16.8 Å². The molecule has 204 valence electrons. The zero-order valence-corrected chi connectivity index (χ0v) is 20.6. The van der Waals surface area contributed by atoms with Crippen LogP contribution in [-0.4, -0.2) is 79.6 Å². The Hall–Kier alpha value is -4.99. The standard InChI is InChI=1S/C23H21N5O10S/c24-22(35)28(18(31)11-5-6-37-7-11)15(10-1-3-13(29)4-2-10)17(30)26-14-19(32)27-16(21(33)34)12(8-38-23(25)36)9-39-20(14)27/h1-7,14-15,20,29H,8-9H2,(H2,24,35)(H2,25,36)(H,26,30)(H,33,34)/t14-,15?,20-/m0/s1. The highest BCUT2D eigenvalue weighted by molar-refractivity contribution is 8.00. The molecular formula is C23H21N5O10S. The molecule has 39 heavy (non-hydrogen) atoms. The van der Waals surface area contributed by atoms with Crippen LogP contribution in [0.2, 0.25) is 0 Å². The topological polar surface area (TPSA) is 236 Å². The molecule has 1 unspecified atom stereocenters. The van der Waals surface area contributed by atoms with Crippen molar-refractivity contribution in [3.05, 3.63) is 65.3 Å². The predicted molar refractivity (Wildman–Crippen MR) is 131 cm³/mol. The average molecular weight is 560 g/mol. The van der Waals surface area contributed by atoms with Gasteiger partial charge in [0.05, 0.1) is 11.8 Å². The number of hydrogen-bond donors (Lipinski definition) is 5. The van der Waals surface area contributed by atoms with Gasteiger partial charge < -0.3 is 36.2 Å². The molecule has 1 aromatic carbocycles. The van der Waals surface area contributed by atoms with Gasteiger partial charge in [0.25, 0.3) is 11.8 Å². The number of amides is 6.